The predicted molar refractivity (Wildman–Crippen MR) is 41.7 cm³/mol. The van der Waals surface area contributed by atoms with Crippen LogP contribution in [0.4, 0.5) is 0 Å². The summed E-state index contributed by atoms with van der Waals surface area (Å²) in [7, 11) is 1.52. The molecular formula is C7H8ClNO2. The molecule has 0 amide bonds. The normalized spacial score (nSPS) is 9.73. The molecule has 11 heavy (non-hydrogen) atoms. The van der Waals surface area contributed by atoms with Crippen molar-refractivity contribution in [3.63, 3.8) is 0 Å². The number of aromatic nitrogens is 1. The molecule has 0 aliphatic heterocycles. The Morgan fingerprint density at radius 3 is 2.64 bits per heavy atom. The molecule has 4 heteroatoms. The fourth-order valence-electron chi connectivity index (χ4n) is 0.904. The van der Waals surface area contributed by atoms with Gasteiger partial charge in [-0.2, -0.15) is 4.73 Å². The Bertz CT molecular complexity index is 252. The molecule has 1 rings (SSSR count). The van der Waals surface area contributed by atoms with Crippen LogP contribution in [-0.4, -0.2) is 7.11 Å². The lowest BCUT2D eigenvalue weighted by atomic mass is 10.3. The van der Waals surface area contributed by atoms with E-state index >= 15 is 0 Å². The van der Waals surface area contributed by atoms with Gasteiger partial charge >= 0.3 is 0 Å². The first-order chi connectivity index (χ1) is 5.15. The van der Waals surface area contributed by atoms with Crippen LogP contribution in [-0.2, 0) is 0 Å². The van der Waals surface area contributed by atoms with Crippen molar-refractivity contribution >= 4 is 11.6 Å². The zero-order chi connectivity index (χ0) is 8.43. The van der Waals surface area contributed by atoms with E-state index in [0.717, 1.165) is 5.56 Å². The lowest BCUT2D eigenvalue weighted by Gasteiger charge is -2.05. The third-order valence-corrected chi connectivity index (χ3v) is 1.61. The van der Waals surface area contributed by atoms with Gasteiger partial charge in [0.2, 0.25) is 6.20 Å². The van der Waals surface area contributed by atoms with Crippen molar-refractivity contribution < 1.29 is 9.47 Å². The second kappa shape index (κ2) is 2.96. The van der Waals surface area contributed by atoms with Crippen LogP contribution in [0.5, 0.6) is 5.75 Å². The molecule has 3 nitrogen and oxygen atoms in total. The van der Waals surface area contributed by atoms with Crippen LogP contribution in [0.1, 0.15) is 5.56 Å². The maximum atomic E-state index is 10.8. The molecule has 0 fully saturated rings. The average Bonchev–Trinajstić information content (AvgIpc) is 1.85. The molecule has 1 aromatic heterocycles. The molecule has 0 aliphatic carbocycles. The molecule has 0 radical (unpaired) electrons. The van der Waals surface area contributed by atoms with Gasteiger partial charge in [0.05, 0.1) is 12.7 Å². The summed E-state index contributed by atoms with van der Waals surface area (Å²) in [6.07, 6.45) is 2.66. The van der Waals surface area contributed by atoms with Crippen LogP contribution < -0.4 is 9.47 Å². The minimum absolute atomic E-state index is 0.336. The highest BCUT2D eigenvalue weighted by Gasteiger charge is 2.08. The molecule has 0 atom stereocenters. The lowest BCUT2D eigenvalue weighted by molar-refractivity contribution is -0.605. The standard InChI is InChI=1S/C7H8ClNO2/c1-5-3-9(10)4-6(8)7(5)11-2/h3-4H,1-2H3. The van der Waals surface area contributed by atoms with Gasteiger partial charge in [-0.1, -0.05) is 11.6 Å². The largest absolute Gasteiger partial charge is 0.619 e. The number of nitrogens with zero attached hydrogens (tertiary/aromatic N) is 1. The summed E-state index contributed by atoms with van der Waals surface area (Å²) in [5.74, 6) is 0.554. The first kappa shape index (κ1) is 8.14. The summed E-state index contributed by atoms with van der Waals surface area (Å²) < 4.78 is 5.60. The molecule has 60 valence electrons. The van der Waals surface area contributed by atoms with Gasteiger partial charge in [-0.05, 0) is 6.92 Å². The second-order valence-electron chi connectivity index (χ2n) is 2.18. The van der Waals surface area contributed by atoms with Gasteiger partial charge in [0.1, 0.15) is 5.02 Å². The van der Waals surface area contributed by atoms with Crippen LogP contribution in [0.2, 0.25) is 5.02 Å². The van der Waals surface area contributed by atoms with Crippen LogP contribution in [0.15, 0.2) is 12.4 Å². The molecule has 0 N–H and O–H groups in total. The minimum Gasteiger partial charge on any atom is -0.619 e. The van der Waals surface area contributed by atoms with E-state index in [0.29, 0.717) is 15.5 Å². The zero-order valence-corrected chi connectivity index (χ0v) is 7.05. The van der Waals surface area contributed by atoms with Gasteiger partial charge < -0.3 is 9.94 Å². The van der Waals surface area contributed by atoms with Gasteiger partial charge in [0, 0.05) is 0 Å². The van der Waals surface area contributed by atoms with E-state index in [1.807, 2.05) is 0 Å². The van der Waals surface area contributed by atoms with Gasteiger partial charge in [0.25, 0.3) is 0 Å². The Hall–Kier alpha value is -0.960. The summed E-state index contributed by atoms with van der Waals surface area (Å²) in [6.45, 7) is 1.76. The summed E-state index contributed by atoms with van der Waals surface area (Å²) in [6, 6.07) is 0. The van der Waals surface area contributed by atoms with E-state index in [2.05, 4.69) is 0 Å². The third kappa shape index (κ3) is 1.54. The van der Waals surface area contributed by atoms with Crippen LogP contribution in [0.3, 0.4) is 0 Å². The zero-order valence-electron chi connectivity index (χ0n) is 6.30. The van der Waals surface area contributed by atoms with Gasteiger partial charge in [-0.15, -0.1) is 0 Å². The molecule has 0 aliphatic rings. The fourth-order valence-corrected chi connectivity index (χ4v) is 1.23. The molecule has 0 bridgehead atoms. The molecule has 0 unspecified atom stereocenters. The van der Waals surface area contributed by atoms with Gasteiger partial charge in [-0.25, -0.2) is 0 Å². The van der Waals surface area contributed by atoms with Crippen molar-refractivity contribution in [3.05, 3.63) is 28.2 Å². The number of halogens is 1. The first-order valence-electron chi connectivity index (χ1n) is 3.08. The van der Waals surface area contributed by atoms with Crippen molar-refractivity contribution in [2.75, 3.05) is 7.11 Å². The van der Waals surface area contributed by atoms with Crippen LogP contribution in [0, 0.1) is 12.1 Å². The summed E-state index contributed by atoms with van der Waals surface area (Å²) in [4.78, 5) is 0. The van der Waals surface area contributed by atoms with Crippen molar-refractivity contribution in [1.82, 2.24) is 0 Å². The van der Waals surface area contributed by atoms with E-state index < -0.39 is 0 Å². The van der Waals surface area contributed by atoms with E-state index in [4.69, 9.17) is 16.3 Å². The minimum atomic E-state index is 0.336. The fraction of sp³-hybridized carbons (Fsp3) is 0.286. The van der Waals surface area contributed by atoms with Crippen molar-refractivity contribution in [2.24, 2.45) is 0 Å². The highest BCUT2D eigenvalue weighted by atomic mass is 35.5. The Balaban J connectivity index is 3.25. The molecule has 1 heterocycles. The van der Waals surface area contributed by atoms with Gasteiger partial charge in [-0.3, -0.25) is 0 Å². The second-order valence-corrected chi connectivity index (χ2v) is 2.59. The van der Waals surface area contributed by atoms with Crippen molar-refractivity contribution in [2.45, 2.75) is 6.92 Å². The first-order valence-corrected chi connectivity index (χ1v) is 3.46. The lowest BCUT2D eigenvalue weighted by Crippen LogP contribution is -2.25. The number of pyridine rings is 1. The van der Waals surface area contributed by atoms with Crippen molar-refractivity contribution in [1.29, 1.82) is 0 Å². The smallest absolute Gasteiger partial charge is 0.202 e. The Morgan fingerprint density at radius 2 is 2.18 bits per heavy atom. The Kier molecular flexibility index (Phi) is 2.19. The monoisotopic (exact) mass is 173 g/mol. The number of methoxy groups -OCH3 is 1. The number of hydrogen-bond donors (Lipinski definition) is 0. The van der Waals surface area contributed by atoms with E-state index in [9.17, 15) is 5.21 Å². The quantitative estimate of drug-likeness (QED) is 0.474. The average molecular weight is 174 g/mol. The molecule has 1 aromatic rings. The summed E-state index contributed by atoms with van der Waals surface area (Å²) in [5.41, 5.74) is 0.731. The number of hydrogen-bond acceptors (Lipinski definition) is 2. The van der Waals surface area contributed by atoms with E-state index in [1.165, 1.54) is 19.5 Å². The Labute approximate surface area is 69.8 Å². The molecule has 0 aromatic carbocycles. The molecule has 0 saturated carbocycles. The van der Waals surface area contributed by atoms with Crippen LogP contribution in [0.25, 0.3) is 0 Å². The maximum Gasteiger partial charge on any atom is 0.202 e. The van der Waals surface area contributed by atoms with Crippen molar-refractivity contribution in [3.8, 4) is 5.75 Å². The SMILES string of the molecule is COc1c(C)c[n+]([O-])cc1Cl. The number of aryl methyl sites for hydroxylation is 1. The van der Waals surface area contributed by atoms with Crippen LogP contribution >= 0.6 is 11.6 Å². The Morgan fingerprint density at radius 1 is 1.55 bits per heavy atom. The highest BCUT2D eigenvalue weighted by molar-refractivity contribution is 6.31. The third-order valence-electron chi connectivity index (χ3n) is 1.34. The predicted octanol–water partition coefficient (Wildman–Crippen LogP) is 1.29. The summed E-state index contributed by atoms with van der Waals surface area (Å²) >= 11 is 5.69. The molecular weight excluding hydrogens is 166 g/mol. The number of ether oxygens (including phenoxy) is 1. The molecule has 0 spiro atoms. The topological polar surface area (TPSA) is 36.2 Å². The maximum absolute atomic E-state index is 10.8. The molecule has 0 saturated heterocycles. The summed E-state index contributed by atoms with van der Waals surface area (Å²) in [5, 5.41) is 11.1. The van der Waals surface area contributed by atoms with Gasteiger partial charge in [0.15, 0.2) is 11.9 Å². The van der Waals surface area contributed by atoms with E-state index in [1.54, 1.807) is 6.92 Å². The number of rotatable bonds is 1. The highest BCUT2D eigenvalue weighted by Crippen LogP contribution is 2.24. The van der Waals surface area contributed by atoms with E-state index in [-0.39, 0.29) is 0 Å².